The van der Waals surface area contributed by atoms with E-state index in [-0.39, 0.29) is 35.0 Å². The van der Waals surface area contributed by atoms with E-state index >= 15 is 0 Å². The van der Waals surface area contributed by atoms with Gasteiger partial charge in [-0.2, -0.15) is 9.36 Å². The van der Waals surface area contributed by atoms with Crippen LogP contribution in [-0.4, -0.2) is 56.3 Å². The van der Waals surface area contributed by atoms with E-state index in [4.69, 9.17) is 4.42 Å². The highest BCUT2D eigenvalue weighted by molar-refractivity contribution is 6.04. The van der Waals surface area contributed by atoms with E-state index in [1.165, 1.54) is 26.6 Å². The molecule has 0 N–H and O–H groups in total. The Hall–Kier alpha value is -3.27. The summed E-state index contributed by atoms with van der Waals surface area (Å²) in [6.07, 6.45) is 2.11. The van der Waals surface area contributed by atoms with Crippen LogP contribution in [0.2, 0.25) is 0 Å². The van der Waals surface area contributed by atoms with E-state index in [9.17, 15) is 14.0 Å². The second-order valence-electron chi connectivity index (χ2n) is 8.04. The van der Waals surface area contributed by atoms with Crippen molar-refractivity contribution in [1.82, 2.24) is 24.7 Å². The molecule has 1 fully saturated rings. The van der Waals surface area contributed by atoms with Crippen molar-refractivity contribution in [3.63, 3.8) is 0 Å². The first-order chi connectivity index (χ1) is 15.5. The molecule has 10 heteroatoms. The van der Waals surface area contributed by atoms with E-state index in [1.54, 1.807) is 30.3 Å². The monoisotopic (exact) mass is 442 g/mol. The third kappa shape index (κ3) is 4.36. The minimum absolute atomic E-state index is 0.0744. The van der Waals surface area contributed by atoms with Gasteiger partial charge < -0.3 is 9.32 Å². The lowest BCUT2D eigenvalue weighted by atomic mass is 9.91. The third-order valence-electron chi connectivity index (χ3n) is 5.96. The maximum atomic E-state index is 14.7. The van der Waals surface area contributed by atoms with Gasteiger partial charge >= 0.3 is 5.69 Å². The average Bonchev–Trinajstić information content (AvgIpc) is 3.45. The molecule has 1 amide bonds. The van der Waals surface area contributed by atoms with Gasteiger partial charge in [-0.25, -0.2) is 9.18 Å². The van der Waals surface area contributed by atoms with Gasteiger partial charge in [0.25, 0.3) is 5.91 Å². The zero-order chi connectivity index (χ0) is 22.7. The molecule has 1 saturated heterocycles. The second kappa shape index (κ2) is 9.47. The average molecular weight is 442 g/mol. The van der Waals surface area contributed by atoms with Crippen LogP contribution in [0.4, 0.5) is 10.1 Å². The number of hydrogen-bond acceptors (Lipinski definition) is 6. The van der Waals surface area contributed by atoms with E-state index in [1.807, 2.05) is 6.92 Å². The zero-order valence-corrected chi connectivity index (χ0v) is 18.2. The number of aromatic nitrogens is 4. The van der Waals surface area contributed by atoms with Gasteiger partial charge in [0.2, 0.25) is 0 Å². The maximum Gasteiger partial charge on any atom is 0.363 e. The van der Waals surface area contributed by atoms with Crippen molar-refractivity contribution < 1.29 is 13.6 Å². The van der Waals surface area contributed by atoms with Gasteiger partial charge in [-0.05, 0) is 54.0 Å². The Morgan fingerprint density at radius 3 is 2.62 bits per heavy atom. The lowest BCUT2D eigenvalue weighted by molar-refractivity contribution is 0.0901. The van der Waals surface area contributed by atoms with Crippen molar-refractivity contribution in [2.75, 3.05) is 24.5 Å². The molecule has 9 nitrogen and oxygen atoms in total. The number of tetrazole rings is 1. The molecule has 0 saturated carbocycles. The van der Waals surface area contributed by atoms with Crippen LogP contribution in [0.5, 0.6) is 0 Å². The van der Waals surface area contributed by atoms with Gasteiger partial charge in [-0.3, -0.25) is 9.69 Å². The fourth-order valence-corrected chi connectivity index (χ4v) is 4.29. The molecule has 1 aliphatic rings. The number of halogens is 1. The normalized spacial score (nSPS) is 19.2. The van der Waals surface area contributed by atoms with Crippen LogP contribution in [0.15, 0.2) is 51.9 Å². The van der Waals surface area contributed by atoms with Crippen LogP contribution in [0, 0.1) is 11.7 Å². The summed E-state index contributed by atoms with van der Waals surface area (Å²) >= 11 is 0. The first kappa shape index (κ1) is 21.9. The number of carbonyl (C=O) groups is 1. The molecule has 4 rings (SSSR count). The molecule has 1 aromatic carbocycles. The lowest BCUT2D eigenvalue weighted by Crippen LogP contribution is -2.53. The van der Waals surface area contributed by atoms with Crippen molar-refractivity contribution in [2.24, 2.45) is 5.92 Å². The third-order valence-corrected chi connectivity index (χ3v) is 5.96. The van der Waals surface area contributed by atoms with E-state index in [2.05, 4.69) is 22.3 Å². The molecule has 0 bridgehead atoms. The molecule has 0 unspecified atom stereocenters. The van der Waals surface area contributed by atoms with Crippen molar-refractivity contribution in [3.05, 3.63) is 64.7 Å². The maximum absolute atomic E-state index is 14.7. The summed E-state index contributed by atoms with van der Waals surface area (Å²) in [5.41, 5.74) is 0.0344. The van der Waals surface area contributed by atoms with Crippen LogP contribution in [0.3, 0.4) is 0 Å². The fourth-order valence-electron chi connectivity index (χ4n) is 4.29. The zero-order valence-electron chi connectivity index (χ0n) is 18.2. The molecule has 1 aliphatic heterocycles. The minimum Gasteiger partial charge on any atom is -0.459 e. The standard InChI is InChI=1S/C22H27FN6O3/c1-3-27-22(31)28(25-24-27)13-12-26-11-10-18(16(2)15-26)29(19-8-5-4-7-17(19)23)21(30)20-9-6-14-32-20/h4-9,14,16,18H,3,10-13,15H2,1-2H3/t16-,18+/m0/s1. The Balaban J connectivity index is 1.49. The van der Waals surface area contributed by atoms with E-state index in [0.717, 1.165) is 0 Å². The molecular formula is C22H27FN6O3. The number of carbonyl (C=O) groups excluding carboxylic acids is 1. The van der Waals surface area contributed by atoms with Crippen LogP contribution >= 0.6 is 0 Å². The quantitative estimate of drug-likeness (QED) is 0.558. The number of para-hydroxylation sites is 1. The Morgan fingerprint density at radius 2 is 1.97 bits per heavy atom. The first-order valence-corrected chi connectivity index (χ1v) is 10.8. The highest BCUT2D eigenvalue weighted by atomic mass is 19.1. The summed E-state index contributed by atoms with van der Waals surface area (Å²) in [4.78, 5) is 29.2. The van der Waals surface area contributed by atoms with Gasteiger partial charge in [0.05, 0.1) is 18.5 Å². The Morgan fingerprint density at radius 1 is 1.19 bits per heavy atom. The van der Waals surface area contributed by atoms with Gasteiger partial charge in [0, 0.05) is 32.2 Å². The smallest absolute Gasteiger partial charge is 0.363 e. The van der Waals surface area contributed by atoms with Crippen molar-refractivity contribution in [3.8, 4) is 0 Å². The number of piperidine rings is 1. The molecule has 2 aromatic heterocycles. The Labute approximate surface area is 185 Å². The summed E-state index contributed by atoms with van der Waals surface area (Å²) in [5.74, 6) is -0.542. The van der Waals surface area contributed by atoms with E-state index < -0.39 is 5.82 Å². The summed E-state index contributed by atoms with van der Waals surface area (Å²) < 4.78 is 22.7. The summed E-state index contributed by atoms with van der Waals surface area (Å²) in [7, 11) is 0. The molecule has 2 atom stereocenters. The predicted molar refractivity (Wildman–Crippen MR) is 116 cm³/mol. The summed E-state index contributed by atoms with van der Waals surface area (Å²) in [5, 5.41) is 7.76. The van der Waals surface area contributed by atoms with Gasteiger partial charge in [-0.15, -0.1) is 0 Å². The number of nitrogens with zero attached hydrogens (tertiary/aromatic N) is 6. The highest BCUT2D eigenvalue weighted by Gasteiger charge is 2.36. The van der Waals surface area contributed by atoms with Crippen molar-refractivity contribution in [2.45, 2.75) is 39.4 Å². The topological polar surface area (TPSA) is 89.4 Å². The lowest BCUT2D eigenvalue weighted by Gasteiger charge is -2.42. The number of amides is 1. The number of furan rings is 1. The minimum atomic E-state index is -0.444. The molecule has 3 aromatic rings. The number of likely N-dealkylation sites (tertiary alicyclic amines) is 1. The largest absolute Gasteiger partial charge is 0.459 e. The number of benzene rings is 1. The summed E-state index contributed by atoms with van der Waals surface area (Å²) in [6.45, 7) is 6.89. The van der Waals surface area contributed by atoms with Crippen LogP contribution in [-0.2, 0) is 13.1 Å². The number of hydrogen-bond donors (Lipinski definition) is 0. The van der Waals surface area contributed by atoms with E-state index in [0.29, 0.717) is 39.1 Å². The molecule has 0 radical (unpaired) electrons. The molecule has 3 heterocycles. The number of anilines is 1. The van der Waals surface area contributed by atoms with Crippen LogP contribution in [0.1, 0.15) is 30.8 Å². The van der Waals surface area contributed by atoms with Crippen molar-refractivity contribution >= 4 is 11.6 Å². The number of rotatable bonds is 7. The number of aryl methyl sites for hydroxylation is 1. The molecule has 170 valence electrons. The second-order valence-corrected chi connectivity index (χ2v) is 8.04. The van der Waals surface area contributed by atoms with Crippen LogP contribution in [0.25, 0.3) is 0 Å². The molecule has 0 aliphatic carbocycles. The predicted octanol–water partition coefficient (Wildman–Crippen LogP) is 2.25. The van der Waals surface area contributed by atoms with Gasteiger partial charge in [0.1, 0.15) is 5.82 Å². The van der Waals surface area contributed by atoms with Crippen molar-refractivity contribution in [1.29, 1.82) is 0 Å². The highest BCUT2D eigenvalue weighted by Crippen LogP contribution is 2.30. The summed E-state index contributed by atoms with van der Waals surface area (Å²) in [6, 6.07) is 9.37. The fraction of sp³-hybridized carbons (Fsp3) is 0.455. The molecular weight excluding hydrogens is 415 g/mol. The Kier molecular flexibility index (Phi) is 6.50. The Bertz CT molecular complexity index is 1110. The first-order valence-electron chi connectivity index (χ1n) is 10.8. The van der Waals surface area contributed by atoms with Gasteiger partial charge in [-0.1, -0.05) is 19.1 Å². The molecule has 0 spiro atoms. The SMILES string of the molecule is CCn1nnn(CCN2CC[C@@H](N(C(=O)c3ccco3)c3ccccc3F)[C@@H](C)C2)c1=O. The van der Waals surface area contributed by atoms with Crippen LogP contribution < -0.4 is 10.6 Å². The van der Waals surface area contributed by atoms with Gasteiger partial charge in [0.15, 0.2) is 5.76 Å². The molecule has 32 heavy (non-hydrogen) atoms.